The lowest BCUT2D eigenvalue weighted by Gasteiger charge is -2.09. The van der Waals surface area contributed by atoms with Crippen molar-refractivity contribution in [1.82, 2.24) is 10.3 Å². The number of phenols is 2. The molecule has 2 aromatic rings. The maximum absolute atomic E-state index is 11.6. The number of hydrogen-bond donors (Lipinski definition) is 4. The fraction of sp³-hybridized carbons (Fsp3) is 0.188. The van der Waals surface area contributed by atoms with Gasteiger partial charge >= 0.3 is 6.09 Å². The van der Waals surface area contributed by atoms with E-state index >= 15 is 0 Å². The van der Waals surface area contributed by atoms with E-state index in [-0.39, 0.29) is 35.9 Å². The summed E-state index contributed by atoms with van der Waals surface area (Å²) in [6, 6.07) is 7.49. The number of aromatic hydroxyl groups is 2. The Morgan fingerprint density at radius 2 is 2.00 bits per heavy atom. The highest BCUT2D eigenvalue weighted by atomic mass is 16.5. The van der Waals surface area contributed by atoms with Crippen molar-refractivity contribution < 1.29 is 24.5 Å². The SMILES string of the molecule is NC(=O)c1cccnc1COC(=O)NCCc1ccc(O)c(O)c1. The summed E-state index contributed by atoms with van der Waals surface area (Å²) in [5.74, 6) is -1.06. The molecule has 0 aliphatic rings. The minimum Gasteiger partial charge on any atom is -0.504 e. The number of pyridine rings is 1. The van der Waals surface area contributed by atoms with Crippen molar-refractivity contribution in [1.29, 1.82) is 0 Å². The van der Waals surface area contributed by atoms with E-state index in [1.807, 2.05) is 0 Å². The average molecular weight is 331 g/mol. The molecule has 0 bridgehead atoms. The van der Waals surface area contributed by atoms with E-state index in [1.54, 1.807) is 12.1 Å². The van der Waals surface area contributed by atoms with Crippen molar-refractivity contribution in [3.63, 3.8) is 0 Å². The molecule has 0 atom stereocenters. The summed E-state index contributed by atoms with van der Waals surface area (Å²) in [5, 5.41) is 21.1. The number of nitrogens with zero attached hydrogens (tertiary/aromatic N) is 1. The fourth-order valence-electron chi connectivity index (χ4n) is 2.00. The molecule has 0 unspecified atom stereocenters. The van der Waals surface area contributed by atoms with Gasteiger partial charge in [-0.3, -0.25) is 9.78 Å². The number of rotatable bonds is 6. The van der Waals surface area contributed by atoms with Crippen LogP contribution in [0.1, 0.15) is 21.6 Å². The number of carbonyl (C=O) groups excluding carboxylic acids is 2. The molecule has 0 aliphatic carbocycles. The van der Waals surface area contributed by atoms with E-state index in [1.165, 1.54) is 24.4 Å². The van der Waals surface area contributed by atoms with Gasteiger partial charge in [0, 0.05) is 12.7 Å². The van der Waals surface area contributed by atoms with Gasteiger partial charge in [0.1, 0.15) is 6.61 Å². The first-order valence-corrected chi connectivity index (χ1v) is 7.12. The van der Waals surface area contributed by atoms with Gasteiger partial charge in [-0.05, 0) is 36.2 Å². The largest absolute Gasteiger partial charge is 0.504 e. The molecule has 0 fully saturated rings. The van der Waals surface area contributed by atoms with E-state index < -0.39 is 12.0 Å². The molecule has 0 saturated heterocycles. The standard InChI is InChI=1S/C16H17N3O5/c17-15(22)11-2-1-6-18-12(11)9-24-16(23)19-7-5-10-3-4-13(20)14(21)8-10/h1-4,6,8,20-21H,5,7,9H2,(H2,17,22)(H,19,23). The maximum Gasteiger partial charge on any atom is 0.407 e. The topological polar surface area (TPSA) is 135 Å². The van der Waals surface area contributed by atoms with Crippen molar-refractivity contribution in [3.05, 3.63) is 53.3 Å². The molecule has 1 heterocycles. The number of amides is 2. The van der Waals surface area contributed by atoms with Crippen LogP contribution in [-0.4, -0.2) is 33.7 Å². The molecule has 0 aliphatic heterocycles. The van der Waals surface area contributed by atoms with E-state index in [9.17, 15) is 19.8 Å². The van der Waals surface area contributed by atoms with E-state index in [0.717, 1.165) is 5.56 Å². The van der Waals surface area contributed by atoms with Gasteiger partial charge in [0.25, 0.3) is 5.91 Å². The Bertz CT molecular complexity index is 748. The minimum absolute atomic E-state index is 0.176. The number of ether oxygens (including phenoxy) is 1. The Morgan fingerprint density at radius 1 is 1.21 bits per heavy atom. The van der Waals surface area contributed by atoms with Crippen molar-refractivity contribution in [3.8, 4) is 11.5 Å². The highest BCUT2D eigenvalue weighted by Gasteiger charge is 2.11. The van der Waals surface area contributed by atoms with E-state index in [0.29, 0.717) is 6.42 Å². The Balaban J connectivity index is 1.80. The van der Waals surface area contributed by atoms with Gasteiger partial charge in [-0.25, -0.2) is 4.79 Å². The van der Waals surface area contributed by atoms with Gasteiger partial charge in [0.2, 0.25) is 0 Å². The van der Waals surface area contributed by atoms with Gasteiger partial charge in [-0.2, -0.15) is 0 Å². The van der Waals surface area contributed by atoms with Gasteiger partial charge < -0.3 is 26.0 Å². The Hall–Kier alpha value is -3.29. The third-order valence-electron chi connectivity index (χ3n) is 3.22. The second-order valence-electron chi connectivity index (χ2n) is 4.94. The molecule has 24 heavy (non-hydrogen) atoms. The number of aromatic nitrogens is 1. The first-order chi connectivity index (χ1) is 11.5. The molecule has 0 spiro atoms. The number of alkyl carbamates (subject to hydrolysis) is 1. The summed E-state index contributed by atoms with van der Waals surface area (Å²) in [7, 11) is 0. The van der Waals surface area contributed by atoms with Crippen molar-refractivity contribution in [2.24, 2.45) is 5.73 Å². The lowest BCUT2D eigenvalue weighted by molar-refractivity contribution is 0.0992. The van der Waals surface area contributed by atoms with Crippen LogP contribution in [0.15, 0.2) is 36.5 Å². The third-order valence-corrected chi connectivity index (χ3v) is 3.22. The summed E-state index contributed by atoms with van der Waals surface area (Å²) in [6.07, 6.45) is 1.25. The molecule has 5 N–H and O–H groups in total. The van der Waals surface area contributed by atoms with Crippen LogP contribution in [0.2, 0.25) is 0 Å². The lowest BCUT2D eigenvalue weighted by atomic mass is 10.1. The summed E-state index contributed by atoms with van der Waals surface area (Å²) < 4.78 is 4.99. The van der Waals surface area contributed by atoms with Crippen LogP contribution in [0, 0.1) is 0 Å². The second kappa shape index (κ2) is 7.82. The molecule has 8 nitrogen and oxygen atoms in total. The molecule has 2 amide bonds. The number of nitrogens with one attached hydrogen (secondary N) is 1. The first-order valence-electron chi connectivity index (χ1n) is 7.12. The highest BCUT2D eigenvalue weighted by molar-refractivity contribution is 5.93. The molecule has 8 heteroatoms. The Morgan fingerprint density at radius 3 is 2.71 bits per heavy atom. The third kappa shape index (κ3) is 4.60. The number of carbonyl (C=O) groups is 2. The van der Waals surface area contributed by atoms with E-state index in [4.69, 9.17) is 10.5 Å². The van der Waals surface area contributed by atoms with Crippen LogP contribution in [-0.2, 0) is 17.8 Å². The van der Waals surface area contributed by atoms with Gasteiger partial charge in [0.15, 0.2) is 11.5 Å². The molecular weight excluding hydrogens is 314 g/mol. The van der Waals surface area contributed by atoms with Crippen molar-refractivity contribution in [2.45, 2.75) is 13.0 Å². The van der Waals surface area contributed by atoms with Crippen LogP contribution in [0.5, 0.6) is 11.5 Å². The van der Waals surface area contributed by atoms with Crippen molar-refractivity contribution in [2.75, 3.05) is 6.54 Å². The van der Waals surface area contributed by atoms with Crippen LogP contribution in [0.3, 0.4) is 0 Å². The first kappa shape index (κ1) is 17.1. The zero-order chi connectivity index (χ0) is 17.5. The zero-order valence-electron chi connectivity index (χ0n) is 12.7. The summed E-state index contributed by atoms with van der Waals surface area (Å²) in [6.45, 7) is 0.0961. The zero-order valence-corrected chi connectivity index (χ0v) is 12.7. The monoisotopic (exact) mass is 331 g/mol. The number of nitrogens with two attached hydrogens (primary N) is 1. The van der Waals surface area contributed by atoms with Crippen LogP contribution in [0.25, 0.3) is 0 Å². The van der Waals surface area contributed by atoms with Crippen LogP contribution < -0.4 is 11.1 Å². The van der Waals surface area contributed by atoms with Crippen LogP contribution >= 0.6 is 0 Å². The number of benzene rings is 1. The molecule has 2 rings (SSSR count). The average Bonchev–Trinajstić information content (AvgIpc) is 2.56. The quantitative estimate of drug-likeness (QED) is 0.585. The van der Waals surface area contributed by atoms with Crippen LogP contribution in [0.4, 0.5) is 4.79 Å². The Labute approximate surface area is 137 Å². The number of primary amides is 1. The minimum atomic E-state index is -0.668. The second-order valence-corrected chi connectivity index (χ2v) is 4.94. The van der Waals surface area contributed by atoms with Gasteiger partial charge in [0.05, 0.1) is 11.3 Å². The Kier molecular flexibility index (Phi) is 5.56. The highest BCUT2D eigenvalue weighted by Crippen LogP contribution is 2.24. The smallest absolute Gasteiger partial charge is 0.407 e. The van der Waals surface area contributed by atoms with Gasteiger partial charge in [-0.15, -0.1) is 0 Å². The maximum atomic E-state index is 11.6. The molecule has 1 aromatic heterocycles. The lowest BCUT2D eigenvalue weighted by Crippen LogP contribution is -2.27. The predicted octanol–water partition coefficient (Wildman–Crippen LogP) is 1.06. The number of hydrogen-bond acceptors (Lipinski definition) is 6. The molecule has 1 aromatic carbocycles. The summed E-state index contributed by atoms with van der Waals surface area (Å²) >= 11 is 0. The summed E-state index contributed by atoms with van der Waals surface area (Å²) in [4.78, 5) is 26.8. The van der Waals surface area contributed by atoms with E-state index in [2.05, 4.69) is 10.3 Å². The molecule has 0 radical (unpaired) electrons. The molecule has 0 saturated carbocycles. The molecule has 126 valence electrons. The van der Waals surface area contributed by atoms with Gasteiger partial charge in [-0.1, -0.05) is 6.07 Å². The van der Waals surface area contributed by atoms with Crippen molar-refractivity contribution >= 4 is 12.0 Å². The fourth-order valence-corrected chi connectivity index (χ4v) is 2.00. The predicted molar refractivity (Wildman–Crippen MR) is 84.4 cm³/mol. The molecular formula is C16H17N3O5. The normalized spacial score (nSPS) is 10.2. The number of phenolic OH excluding ortho intramolecular Hbond substituents is 2. The summed E-state index contributed by atoms with van der Waals surface area (Å²) in [5.41, 5.74) is 6.44.